The molecule has 4 aromatic rings. The number of benzene rings is 3. The van der Waals surface area contributed by atoms with Crippen molar-refractivity contribution in [3.63, 3.8) is 0 Å². The number of aromatic amines is 1. The van der Waals surface area contributed by atoms with Gasteiger partial charge in [0.15, 0.2) is 5.82 Å². The van der Waals surface area contributed by atoms with Gasteiger partial charge in [0.25, 0.3) is 0 Å². The van der Waals surface area contributed by atoms with Crippen molar-refractivity contribution in [2.75, 3.05) is 31.2 Å². The van der Waals surface area contributed by atoms with Crippen molar-refractivity contribution in [3.8, 4) is 22.4 Å². The second-order valence-electron chi connectivity index (χ2n) is 8.65. The quantitative estimate of drug-likeness (QED) is 0.453. The van der Waals surface area contributed by atoms with Gasteiger partial charge < -0.3 is 19.7 Å². The van der Waals surface area contributed by atoms with E-state index in [0.717, 1.165) is 78.2 Å². The first kappa shape index (κ1) is 20.0. The van der Waals surface area contributed by atoms with E-state index < -0.39 is 5.97 Å². The van der Waals surface area contributed by atoms with E-state index in [9.17, 15) is 9.90 Å². The van der Waals surface area contributed by atoms with E-state index in [-0.39, 0.29) is 11.4 Å². The van der Waals surface area contributed by atoms with E-state index in [2.05, 4.69) is 9.88 Å². The van der Waals surface area contributed by atoms with Gasteiger partial charge in [-0.3, -0.25) is 0 Å². The average molecular weight is 442 g/mol. The highest BCUT2D eigenvalue weighted by Crippen LogP contribution is 2.40. The molecule has 5 nitrogen and oxygen atoms in total. The van der Waals surface area contributed by atoms with Crippen LogP contribution in [-0.4, -0.2) is 42.4 Å². The number of aromatic nitrogens is 1. The predicted octanol–water partition coefficient (Wildman–Crippen LogP) is 5.27. The molecule has 0 unspecified atom stereocenters. The summed E-state index contributed by atoms with van der Waals surface area (Å²) in [6, 6.07) is 17.1. The number of carboxylic acids is 1. The first-order chi connectivity index (χ1) is 16.1. The Morgan fingerprint density at radius 3 is 2.48 bits per heavy atom. The van der Waals surface area contributed by atoms with Crippen molar-refractivity contribution < 1.29 is 19.0 Å². The van der Waals surface area contributed by atoms with Crippen LogP contribution in [-0.2, 0) is 17.6 Å². The molecule has 33 heavy (non-hydrogen) atoms. The molecule has 6 rings (SSSR count). The van der Waals surface area contributed by atoms with Gasteiger partial charge in [-0.2, -0.15) is 0 Å². The van der Waals surface area contributed by atoms with E-state index >= 15 is 4.39 Å². The number of rotatable bonds is 3. The maximum atomic E-state index is 15.7. The van der Waals surface area contributed by atoms with Crippen LogP contribution in [0.2, 0.25) is 0 Å². The lowest BCUT2D eigenvalue weighted by atomic mass is 9.88. The third-order valence-corrected chi connectivity index (χ3v) is 6.84. The zero-order valence-electron chi connectivity index (χ0n) is 18.0. The molecule has 2 aliphatic rings. The van der Waals surface area contributed by atoms with E-state index in [0.29, 0.717) is 11.1 Å². The Bertz CT molecular complexity index is 1390. The van der Waals surface area contributed by atoms with Crippen molar-refractivity contribution >= 4 is 22.6 Å². The molecule has 166 valence electrons. The fourth-order valence-corrected chi connectivity index (χ4v) is 5.11. The molecule has 0 bridgehead atoms. The van der Waals surface area contributed by atoms with Crippen LogP contribution in [0.25, 0.3) is 33.3 Å². The second kappa shape index (κ2) is 7.74. The minimum Gasteiger partial charge on any atom is -0.478 e. The summed E-state index contributed by atoms with van der Waals surface area (Å²) in [5.41, 5.74) is 7.22. The smallest absolute Gasteiger partial charge is 0.335 e. The number of ether oxygens (including phenoxy) is 1. The van der Waals surface area contributed by atoms with Crippen molar-refractivity contribution in [1.29, 1.82) is 0 Å². The lowest BCUT2D eigenvalue weighted by Gasteiger charge is -2.28. The van der Waals surface area contributed by atoms with Crippen LogP contribution in [0.3, 0.4) is 0 Å². The molecule has 0 spiro atoms. The van der Waals surface area contributed by atoms with Crippen molar-refractivity contribution in [2.24, 2.45) is 0 Å². The Morgan fingerprint density at radius 1 is 0.970 bits per heavy atom. The molecule has 2 heterocycles. The third kappa shape index (κ3) is 3.29. The Labute approximate surface area is 190 Å². The highest BCUT2D eigenvalue weighted by Gasteiger charge is 2.24. The normalized spacial score (nSPS) is 15.4. The number of nitrogens with one attached hydrogen (secondary N) is 1. The van der Waals surface area contributed by atoms with E-state index in [1.807, 2.05) is 42.5 Å². The Balaban J connectivity index is 1.39. The second-order valence-corrected chi connectivity index (χ2v) is 8.65. The Kier molecular flexibility index (Phi) is 4.69. The number of anilines is 1. The first-order valence-corrected chi connectivity index (χ1v) is 11.2. The molecular weight excluding hydrogens is 419 g/mol. The standard InChI is InChI=1S/C27H23FN2O3/c28-24-20(16-1-5-19(6-2-16)30-11-13-33-14-12-30)9-10-23-22-8-3-17-15-18(27(31)32)4-7-21(17)25(22)29-26(23)24/h1-2,4-7,9-10,15,29H,3,8,11-14H2,(H,31,32). The van der Waals surface area contributed by atoms with Gasteiger partial charge in [-0.05, 0) is 53.8 Å². The van der Waals surface area contributed by atoms with Gasteiger partial charge in [-0.15, -0.1) is 0 Å². The van der Waals surface area contributed by atoms with Crippen molar-refractivity contribution in [2.45, 2.75) is 12.8 Å². The summed E-state index contributed by atoms with van der Waals surface area (Å²) >= 11 is 0. The molecule has 2 N–H and O–H groups in total. The SMILES string of the molecule is O=C(O)c1ccc2c(c1)CCc1c-2[nH]c2c(F)c(-c3ccc(N4CCOCC4)cc3)ccc12. The number of carboxylic acid groups (broad SMARTS) is 1. The van der Waals surface area contributed by atoms with Crippen LogP contribution in [0, 0.1) is 5.82 Å². The van der Waals surface area contributed by atoms with Gasteiger partial charge >= 0.3 is 5.97 Å². The summed E-state index contributed by atoms with van der Waals surface area (Å²) in [6.45, 7) is 3.18. The molecule has 0 radical (unpaired) electrons. The van der Waals surface area contributed by atoms with Gasteiger partial charge in [-0.25, -0.2) is 9.18 Å². The lowest BCUT2D eigenvalue weighted by molar-refractivity contribution is 0.0696. The number of H-pyrrole nitrogens is 1. The molecule has 0 saturated carbocycles. The maximum Gasteiger partial charge on any atom is 0.335 e. The zero-order chi connectivity index (χ0) is 22.5. The van der Waals surface area contributed by atoms with E-state index in [1.54, 1.807) is 12.1 Å². The zero-order valence-corrected chi connectivity index (χ0v) is 18.0. The summed E-state index contributed by atoms with van der Waals surface area (Å²) in [6.07, 6.45) is 1.49. The number of carbonyl (C=O) groups is 1. The predicted molar refractivity (Wildman–Crippen MR) is 127 cm³/mol. The minimum atomic E-state index is -0.935. The molecule has 0 amide bonds. The number of morpholine rings is 1. The molecule has 1 saturated heterocycles. The van der Waals surface area contributed by atoms with Crippen molar-refractivity contribution in [1.82, 2.24) is 4.98 Å². The Hall–Kier alpha value is -3.64. The molecular formula is C27H23FN2O3. The molecule has 6 heteroatoms. The van der Waals surface area contributed by atoms with Crippen LogP contribution in [0.5, 0.6) is 0 Å². The minimum absolute atomic E-state index is 0.260. The number of hydrogen-bond acceptors (Lipinski definition) is 3. The summed E-state index contributed by atoms with van der Waals surface area (Å²) in [5.74, 6) is -1.19. The number of nitrogens with zero attached hydrogens (tertiary/aromatic N) is 1. The fraction of sp³-hybridized carbons (Fsp3) is 0.222. The molecule has 1 aliphatic heterocycles. The molecule has 0 atom stereocenters. The summed E-state index contributed by atoms with van der Waals surface area (Å²) in [4.78, 5) is 16.9. The van der Waals surface area contributed by atoms with Gasteiger partial charge in [0.05, 0.1) is 30.0 Å². The van der Waals surface area contributed by atoms with Crippen molar-refractivity contribution in [3.05, 3.63) is 77.1 Å². The highest BCUT2D eigenvalue weighted by atomic mass is 19.1. The van der Waals surface area contributed by atoms with Gasteiger partial charge in [-0.1, -0.05) is 30.3 Å². The largest absolute Gasteiger partial charge is 0.478 e. The molecule has 1 aromatic heterocycles. The number of aryl methyl sites for hydroxylation is 2. The molecule has 1 aliphatic carbocycles. The highest BCUT2D eigenvalue weighted by molar-refractivity contribution is 5.96. The summed E-state index contributed by atoms with van der Waals surface area (Å²) in [5, 5.41) is 10.2. The third-order valence-electron chi connectivity index (χ3n) is 6.84. The Morgan fingerprint density at radius 2 is 1.73 bits per heavy atom. The number of halogens is 1. The summed E-state index contributed by atoms with van der Waals surface area (Å²) < 4.78 is 21.1. The molecule has 1 fully saturated rings. The first-order valence-electron chi connectivity index (χ1n) is 11.2. The van der Waals surface area contributed by atoms with E-state index in [1.165, 1.54) is 0 Å². The lowest BCUT2D eigenvalue weighted by Crippen LogP contribution is -2.36. The van der Waals surface area contributed by atoms with Gasteiger partial charge in [0, 0.05) is 35.3 Å². The van der Waals surface area contributed by atoms with Crippen LogP contribution in [0.4, 0.5) is 10.1 Å². The van der Waals surface area contributed by atoms with Crippen LogP contribution in [0.15, 0.2) is 54.6 Å². The number of aromatic carboxylic acids is 1. The number of hydrogen-bond donors (Lipinski definition) is 2. The van der Waals surface area contributed by atoms with Gasteiger partial charge in [0.2, 0.25) is 0 Å². The van der Waals surface area contributed by atoms with E-state index in [4.69, 9.17) is 4.74 Å². The van der Waals surface area contributed by atoms with Crippen LogP contribution in [0.1, 0.15) is 21.5 Å². The molecule has 3 aromatic carbocycles. The fourth-order valence-electron chi connectivity index (χ4n) is 5.11. The number of fused-ring (bicyclic) bond motifs is 5. The average Bonchev–Trinajstić information content (AvgIpc) is 3.25. The van der Waals surface area contributed by atoms with Crippen LogP contribution < -0.4 is 4.90 Å². The maximum absolute atomic E-state index is 15.7. The monoisotopic (exact) mass is 442 g/mol. The van der Waals surface area contributed by atoms with Gasteiger partial charge in [0.1, 0.15) is 0 Å². The van der Waals surface area contributed by atoms with Crippen LogP contribution >= 0.6 is 0 Å². The summed E-state index contributed by atoms with van der Waals surface area (Å²) in [7, 11) is 0. The topological polar surface area (TPSA) is 65.6 Å².